The van der Waals surface area contributed by atoms with Crippen molar-refractivity contribution in [3.8, 4) is 10.4 Å². The maximum atomic E-state index is 14.2. The van der Waals surface area contributed by atoms with E-state index in [9.17, 15) is 24.3 Å². The molecule has 1 aliphatic rings. The minimum Gasteiger partial charge on any atom is -0.391 e. The van der Waals surface area contributed by atoms with Crippen molar-refractivity contribution in [1.82, 2.24) is 15.2 Å². The van der Waals surface area contributed by atoms with Crippen molar-refractivity contribution in [1.29, 1.82) is 0 Å². The molecule has 1 aliphatic heterocycles. The first-order chi connectivity index (χ1) is 22.2. The summed E-state index contributed by atoms with van der Waals surface area (Å²) in [5.41, 5.74) is 15.3. The van der Waals surface area contributed by atoms with Crippen molar-refractivity contribution >= 4 is 35.0 Å². The van der Waals surface area contributed by atoms with Crippen LogP contribution in [0.25, 0.3) is 10.4 Å². The average Bonchev–Trinajstić information content (AvgIpc) is 3.61. The predicted molar refractivity (Wildman–Crippen MR) is 186 cm³/mol. The topological polar surface area (TPSA) is 169 Å². The second kappa shape index (κ2) is 17.7. The molecule has 0 radical (unpaired) electrons. The average molecular weight is 670 g/mol. The molecule has 2 heterocycles. The summed E-state index contributed by atoms with van der Waals surface area (Å²) in [4.78, 5) is 58.4. The van der Waals surface area contributed by atoms with Crippen molar-refractivity contribution in [3.63, 3.8) is 0 Å². The third-order valence-corrected chi connectivity index (χ3v) is 10.3. The lowest BCUT2D eigenvalue weighted by molar-refractivity contribution is -0.149. The fraction of sp³-hybridized carbons (Fsp3) is 0.639. The van der Waals surface area contributed by atoms with E-state index in [-0.39, 0.29) is 36.7 Å². The van der Waals surface area contributed by atoms with Gasteiger partial charge in [-0.25, -0.2) is 4.98 Å². The zero-order valence-electron chi connectivity index (χ0n) is 28.8. The molecule has 11 heteroatoms. The molecule has 47 heavy (non-hydrogen) atoms. The molecule has 3 rings (SSSR count). The number of benzene rings is 1. The van der Waals surface area contributed by atoms with Crippen molar-refractivity contribution < 1.29 is 24.3 Å². The summed E-state index contributed by atoms with van der Waals surface area (Å²) in [6, 6.07) is 6.82. The number of carbonyl (C=O) groups excluding carboxylic acids is 4. The third-order valence-electron chi connectivity index (χ3n) is 9.30. The second-order valence-corrected chi connectivity index (χ2v) is 15.1. The standard InChI is InChI=1S/C36H55N5O5S/c1-23(25-16-18-26(19-17-25)32-24(2)39-22-47-32)40-34(45)29-20-27(42)21-41(29)35(46)31(36(3,4)5)28(33(38)44)14-12-10-8-6-7-9-11-13-15-30(37)43/h16-19,22-23,27-29,31,42H,6-15,20-21H2,1-5H3,(H2,37,43)(H2,38,44)(H,40,45)/t23-,27+,28?,29-,31+/m0/s1. The number of nitrogens with one attached hydrogen (secondary N) is 1. The molecule has 0 bridgehead atoms. The number of rotatable bonds is 18. The van der Waals surface area contributed by atoms with Gasteiger partial charge in [0, 0.05) is 25.3 Å². The Morgan fingerprint density at radius 2 is 1.60 bits per heavy atom. The SMILES string of the molecule is Cc1ncsc1-c1ccc([C@H](C)NC(=O)[C@@H]2C[C@@H](O)CN2C(=O)[C@@H](C(CCCCCCCCCCC(N)=O)C(N)=O)C(C)(C)C)cc1. The number of aryl methyl sites for hydroxylation is 1. The number of β-amino-alcohol motifs (C(OH)–C–C–N with tert-alkyl or cyclic N) is 1. The van der Waals surface area contributed by atoms with Gasteiger partial charge in [0.2, 0.25) is 23.6 Å². The Balaban J connectivity index is 1.61. The molecule has 260 valence electrons. The summed E-state index contributed by atoms with van der Waals surface area (Å²) in [7, 11) is 0. The molecule has 6 N–H and O–H groups in total. The first-order valence-corrected chi connectivity index (χ1v) is 18.0. The zero-order chi connectivity index (χ0) is 34.7. The molecule has 0 spiro atoms. The molecule has 0 saturated carbocycles. The maximum absolute atomic E-state index is 14.2. The molecular formula is C36H55N5O5S. The molecular weight excluding hydrogens is 614 g/mol. The minimum absolute atomic E-state index is 0.0334. The lowest BCUT2D eigenvalue weighted by Crippen LogP contribution is -2.53. The summed E-state index contributed by atoms with van der Waals surface area (Å²) in [5.74, 6) is -2.83. The van der Waals surface area contributed by atoms with E-state index in [2.05, 4.69) is 10.3 Å². The van der Waals surface area contributed by atoms with Crippen molar-refractivity contribution in [3.05, 3.63) is 41.0 Å². The normalized spacial score (nSPS) is 18.5. The van der Waals surface area contributed by atoms with Gasteiger partial charge in [0.1, 0.15) is 6.04 Å². The number of nitrogens with zero attached hydrogens (tertiary/aromatic N) is 2. The van der Waals surface area contributed by atoms with Crippen LogP contribution in [-0.2, 0) is 19.2 Å². The van der Waals surface area contributed by atoms with Crippen LogP contribution in [0.1, 0.15) is 116 Å². The highest BCUT2D eigenvalue weighted by atomic mass is 32.1. The number of hydrogen-bond acceptors (Lipinski definition) is 7. The number of aliphatic hydroxyl groups is 1. The van der Waals surface area contributed by atoms with Gasteiger partial charge in [-0.3, -0.25) is 19.2 Å². The highest BCUT2D eigenvalue weighted by molar-refractivity contribution is 7.13. The van der Waals surface area contributed by atoms with Crippen molar-refractivity contribution in [2.75, 3.05) is 6.54 Å². The van der Waals surface area contributed by atoms with Gasteiger partial charge in [-0.05, 0) is 43.2 Å². The van der Waals surface area contributed by atoms with Crippen molar-refractivity contribution in [2.45, 2.75) is 123 Å². The van der Waals surface area contributed by atoms with Crippen LogP contribution >= 0.6 is 11.3 Å². The van der Waals surface area contributed by atoms with Crippen LogP contribution in [-0.4, -0.2) is 57.3 Å². The van der Waals surface area contributed by atoms with Crippen LogP contribution in [0.5, 0.6) is 0 Å². The van der Waals surface area contributed by atoms with Gasteiger partial charge in [-0.1, -0.05) is 90.0 Å². The molecule has 5 atom stereocenters. The molecule has 0 aliphatic carbocycles. The lowest BCUT2D eigenvalue weighted by Gasteiger charge is -2.38. The summed E-state index contributed by atoms with van der Waals surface area (Å²) < 4.78 is 0. The first kappa shape index (κ1) is 38.1. The number of aliphatic hydroxyl groups excluding tert-OH is 1. The van der Waals surface area contributed by atoms with Crippen LogP contribution < -0.4 is 16.8 Å². The molecule has 2 aromatic rings. The van der Waals surface area contributed by atoms with E-state index in [1.54, 1.807) is 11.3 Å². The fourth-order valence-corrected chi connectivity index (χ4v) is 7.53. The largest absolute Gasteiger partial charge is 0.391 e. The van der Waals surface area contributed by atoms with E-state index < -0.39 is 35.3 Å². The van der Waals surface area contributed by atoms with E-state index in [0.717, 1.165) is 73.1 Å². The van der Waals surface area contributed by atoms with Crippen LogP contribution in [0.15, 0.2) is 29.8 Å². The Morgan fingerprint density at radius 3 is 2.13 bits per heavy atom. The zero-order valence-corrected chi connectivity index (χ0v) is 29.6. The number of primary amides is 2. The van der Waals surface area contributed by atoms with Crippen LogP contribution in [0.3, 0.4) is 0 Å². The molecule has 1 aromatic carbocycles. The van der Waals surface area contributed by atoms with Gasteiger partial charge in [-0.2, -0.15) is 0 Å². The Hall–Kier alpha value is -3.31. The van der Waals surface area contributed by atoms with E-state index >= 15 is 0 Å². The number of aromatic nitrogens is 1. The van der Waals surface area contributed by atoms with Gasteiger partial charge in [-0.15, -0.1) is 11.3 Å². The lowest BCUT2D eigenvalue weighted by atomic mass is 9.70. The Bertz CT molecular complexity index is 1340. The Kier molecular flexibility index (Phi) is 14.4. The number of amides is 4. The molecule has 1 fully saturated rings. The van der Waals surface area contributed by atoms with E-state index in [0.29, 0.717) is 12.8 Å². The number of carbonyl (C=O) groups is 4. The Labute approximate surface area is 284 Å². The van der Waals surface area contributed by atoms with E-state index in [1.807, 2.05) is 64.4 Å². The molecule has 4 amide bonds. The van der Waals surface area contributed by atoms with Gasteiger partial charge in [0.15, 0.2) is 0 Å². The number of thiazole rings is 1. The third kappa shape index (κ3) is 11.1. The summed E-state index contributed by atoms with van der Waals surface area (Å²) in [6.45, 7) is 9.67. The van der Waals surface area contributed by atoms with Gasteiger partial charge in [0.05, 0.1) is 34.1 Å². The summed E-state index contributed by atoms with van der Waals surface area (Å²) >= 11 is 1.58. The number of likely N-dealkylation sites (tertiary alicyclic amines) is 1. The van der Waals surface area contributed by atoms with Gasteiger partial charge in [0.25, 0.3) is 0 Å². The maximum Gasteiger partial charge on any atom is 0.243 e. The quantitative estimate of drug-likeness (QED) is 0.155. The highest BCUT2D eigenvalue weighted by Gasteiger charge is 2.47. The highest BCUT2D eigenvalue weighted by Crippen LogP contribution is 2.38. The number of unbranched alkanes of at least 4 members (excludes halogenated alkanes) is 7. The van der Waals surface area contributed by atoms with E-state index in [4.69, 9.17) is 11.5 Å². The predicted octanol–water partition coefficient (Wildman–Crippen LogP) is 5.41. The van der Waals surface area contributed by atoms with E-state index in [1.165, 1.54) is 4.90 Å². The van der Waals surface area contributed by atoms with Gasteiger partial charge >= 0.3 is 0 Å². The van der Waals surface area contributed by atoms with Crippen LogP contribution in [0, 0.1) is 24.2 Å². The molecule has 10 nitrogen and oxygen atoms in total. The first-order valence-electron chi connectivity index (χ1n) is 17.1. The van der Waals surface area contributed by atoms with Gasteiger partial charge < -0.3 is 26.8 Å². The molecule has 1 unspecified atom stereocenters. The Morgan fingerprint density at radius 1 is 1.00 bits per heavy atom. The van der Waals surface area contributed by atoms with Crippen LogP contribution in [0.4, 0.5) is 0 Å². The summed E-state index contributed by atoms with van der Waals surface area (Å²) in [6.07, 6.45) is 7.96. The number of hydrogen-bond donors (Lipinski definition) is 4. The monoisotopic (exact) mass is 669 g/mol. The number of nitrogens with two attached hydrogens (primary N) is 2. The smallest absolute Gasteiger partial charge is 0.243 e. The van der Waals surface area contributed by atoms with Crippen LogP contribution in [0.2, 0.25) is 0 Å². The molecule has 1 aromatic heterocycles. The second-order valence-electron chi connectivity index (χ2n) is 14.2. The molecule has 1 saturated heterocycles. The fourth-order valence-electron chi connectivity index (χ4n) is 6.72. The summed E-state index contributed by atoms with van der Waals surface area (Å²) in [5, 5.41) is 13.7. The van der Waals surface area contributed by atoms with Crippen molar-refractivity contribution in [2.24, 2.45) is 28.7 Å². The minimum atomic E-state index is -0.847.